The Morgan fingerprint density at radius 2 is 1.66 bits per heavy atom. The van der Waals surface area contributed by atoms with Gasteiger partial charge in [-0.3, -0.25) is 9.59 Å². The molecule has 0 atom stereocenters. The number of aryl methyl sites for hydroxylation is 1. The molecule has 29 heavy (non-hydrogen) atoms. The Bertz CT molecular complexity index is 1040. The van der Waals surface area contributed by atoms with Crippen LogP contribution in [0.1, 0.15) is 26.3 Å². The van der Waals surface area contributed by atoms with Crippen LogP contribution in [-0.2, 0) is 10.0 Å². The molecule has 0 spiro atoms. The number of sulfonamides is 1. The lowest BCUT2D eigenvalue weighted by molar-refractivity contribution is 0.0927. The van der Waals surface area contributed by atoms with Crippen molar-refractivity contribution in [1.29, 1.82) is 0 Å². The third-order valence-corrected chi connectivity index (χ3v) is 6.23. The Balaban J connectivity index is 1.97. The van der Waals surface area contributed by atoms with Gasteiger partial charge in [-0.15, -0.1) is 0 Å². The molecule has 0 heterocycles. The van der Waals surface area contributed by atoms with E-state index in [2.05, 4.69) is 10.6 Å². The number of carbonyl (C=O) groups excluding carboxylic acids is 2. The number of rotatable bonds is 7. The molecule has 0 bridgehead atoms. The molecule has 0 aromatic heterocycles. The number of hydrogen-bond acceptors (Lipinski definition) is 4. The van der Waals surface area contributed by atoms with E-state index in [1.807, 2.05) is 0 Å². The predicted octanol–water partition coefficient (Wildman–Crippen LogP) is 2.20. The molecule has 0 saturated carbocycles. The minimum atomic E-state index is -3.72. The first-order valence-electron chi connectivity index (χ1n) is 8.58. The van der Waals surface area contributed by atoms with Gasteiger partial charge in [-0.05, 0) is 42.8 Å². The fourth-order valence-corrected chi connectivity index (χ4v) is 3.46. The van der Waals surface area contributed by atoms with Crippen molar-refractivity contribution >= 4 is 33.4 Å². The highest BCUT2D eigenvalue weighted by molar-refractivity contribution is 7.89. The van der Waals surface area contributed by atoms with Gasteiger partial charge in [0.15, 0.2) is 0 Å². The maximum absolute atomic E-state index is 13.5. The first kappa shape index (κ1) is 22.8. The quantitative estimate of drug-likeness (QED) is 0.644. The lowest BCUT2D eigenvalue weighted by Gasteiger charge is -2.13. The van der Waals surface area contributed by atoms with E-state index in [9.17, 15) is 22.4 Å². The van der Waals surface area contributed by atoms with E-state index in [0.29, 0.717) is 5.56 Å². The second kappa shape index (κ2) is 9.34. The van der Waals surface area contributed by atoms with Gasteiger partial charge in [0.1, 0.15) is 5.82 Å². The Hall–Kier alpha value is -2.49. The lowest BCUT2D eigenvalue weighted by atomic mass is 10.1. The first-order valence-corrected chi connectivity index (χ1v) is 10.4. The summed E-state index contributed by atoms with van der Waals surface area (Å²) in [5.41, 5.74) is 0.606. The van der Waals surface area contributed by atoms with Crippen LogP contribution in [0.15, 0.2) is 41.3 Å². The van der Waals surface area contributed by atoms with Crippen LogP contribution in [0, 0.1) is 12.7 Å². The van der Waals surface area contributed by atoms with Crippen LogP contribution in [0.5, 0.6) is 0 Å². The molecule has 0 aliphatic heterocycles. The zero-order valence-electron chi connectivity index (χ0n) is 16.1. The van der Waals surface area contributed by atoms with E-state index in [0.717, 1.165) is 10.4 Å². The van der Waals surface area contributed by atoms with Crippen LogP contribution in [-0.4, -0.2) is 51.7 Å². The number of carbonyl (C=O) groups is 2. The summed E-state index contributed by atoms with van der Waals surface area (Å²) in [6.07, 6.45) is 0. The maximum Gasteiger partial charge on any atom is 0.252 e. The van der Waals surface area contributed by atoms with Crippen molar-refractivity contribution in [3.63, 3.8) is 0 Å². The highest BCUT2D eigenvalue weighted by Crippen LogP contribution is 2.22. The van der Waals surface area contributed by atoms with Gasteiger partial charge in [-0.25, -0.2) is 17.1 Å². The molecule has 2 N–H and O–H groups in total. The molecule has 0 unspecified atom stereocenters. The largest absolute Gasteiger partial charge is 0.350 e. The van der Waals surface area contributed by atoms with E-state index in [1.165, 1.54) is 44.4 Å². The second-order valence-electron chi connectivity index (χ2n) is 6.40. The molecule has 0 radical (unpaired) electrons. The summed E-state index contributed by atoms with van der Waals surface area (Å²) >= 11 is 6.02. The summed E-state index contributed by atoms with van der Waals surface area (Å²) in [6, 6.07) is 7.99. The molecule has 2 amide bonds. The monoisotopic (exact) mass is 441 g/mol. The van der Waals surface area contributed by atoms with Gasteiger partial charge in [0.25, 0.3) is 11.8 Å². The molecule has 156 valence electrons. The van der Waals surface area contributed by atoms with Gasteiger partial charge >= 0.3 is 0 Å². The number of halogens is 2. The smallest absolute Gasteiger partial charge is 0.252 e. The molecular weight excluding hydrogens is 421 g/mol. The molecule has 0 saturated heterocycles. The van der Waals surface area contributed by atoms with E-state index in [-0.39, 0.29) is 34.1 Å². The van der Waals surface area contributed by atoms with Gasteiger partial charge in [-0.1, -0.05) is 17.7 Å². The van der Waals surface area contributed by atoms with Crippen molar-refractivity contribution in [1.82, 2.24) is 14.9 Å². The number of amides is 2. The van der Waals surface area contributed by atoms with Crippen molar-refractivity contribution in [2.75, 3.05) is 27.2 Å². The molecular formula is C19H21ClFN3O4S. The van der Waals surface area contributed by atoms with E-state index < -0.39 is 27.7 Å². The summed E-state index contributed by atoms with van der Waals surface area (Å²) < 4.78 is 39.0. The summed E-state index contributed by atoms with van der Waals surface area (Å²) in [6.45, 7) is 1.75. The van der Waals surface area contributed by atoms with Gasteiger partial charge in [0.2, 0.25) is 10.0 Å². The predicted molar refractivity (Wildman–Crippen MR) is 108 cm³/mol. The van der Waals surface area contributed by atoms with E-state index in [1.54, 1.807) is 6.92 Å². The normalized spacial score (nSPS) is 11.4. The molecule has 2 rings (SSSR count). The van der Waals surface area contributed by atoms with Crippen molar-refractivity contribution in [2.45, 2.75) is 11.8 Å². The van der Waals surface area contributed by atoms with Crippen LogP contribution < -0.4 is 10.6 Å². The molecule has 0 fully saturated rings. The SMILES string of the molecule is Cc1ccc(C(=O)NCCNC(=O)c2cc(S(=O)(=O)N(C)C)ccc2Cl)cc1F. The number of benzene rings is 2. The Morgan fingerprint density at radius 3 is 2.24 bits per heavy atom. The van der Waals surface area contributed by atoms with Crippen molar-refractivity contribution in [3.8, 4) is 0 Å². The minimum Gasteiger partial charge on any atom is -0.350 e. The molecule has 0 aliphatic carbocycles. The third-order valence-electron chi connectivity index (χ3n) is 4.09. The Labute approximate surface area is 173 Å². The van der Waals surface area contributed by atoms with E-state index in [4.69, 9.17) is 11.6 Å². The van der Waals surface area contributed by atoms with Gasteiger partial charge in [0.05, 0.1) is 15.5 Å². The molecule has 0 aliphatic rings. The average Bonchev–Trinajstić information content (AvgIpc) is 2.67. The van der Waals surface area contributed by atoms with Gasteiger partial charge < -0.3 is 10.6 Å². The maximum atomic E-state index is 13.5. The molecule has 2 aromatic rings. The highest BCUT2D eigenvalue weighted by atomic mass is 35.5. The zero-order valence-corrected chi connectivity index (χ0v) is 17.7. The summed E-state index contributed by atoms with van der Waals surface area (Å²) in [5.74, 6) is -1.54. The number of hydrogen-bond donors (Lipinski definition) is 2. The summed E-state index contributed by atoms with van der Waals surface area (Å²) in [4.78, 5) is 24.3. The topological polar surface area (TPSA) is 95.6 Å². The summed E-state index contributed by atoms with van der Waals surface area (Å²) in [7, 11) is -0.954. The fraction of sp³-hybridized carbons (Fsp3) is 0.263. The van der Waals surface area contributed by atoms with Crippen LogP contribution in [0.3, 0.4) is 0 Å². The van der Waals surface area contributed by atoms with Gasteiger partial charge in [-0.2, -0.15) is 0 Å². The van der Waals surface area contributed by atoms with Crippen molar-refractivity contribution < 1.29 is 22.4 Å². The first-order chi connectivity index (χ1) is 13.5. The molecule has 10 heteroatoms. The Morgan fingerprint density at radius 1 is 1.03 bits per heavy atom. The van der Waals surface area contributed by atoms with Crippen LogP contribution >= 0.6 is 11.6 Å². The van der Waals surface area contributed by atoms with Crippen LogP contribution in [0.4, 0.5) is 4.39 Å². The van der Waals surface area contributed by atoms with Crippen LogP contribution in [0.25, 0.3) is 0 Å². The van der Waals surface area contributed by atoms with Crippen LogP contribution in [0.2, 0.25) is 5.02 Å². The Kier molecular flexibility index (Phi) is 7.34. The average molecular weight is 442 g/mol. The third kappa shape index (κ3) is 5.53. The molecule has 2 aromatic carbocycles. The van der Waals surface area contributed by atoms with Gasteiger partial charge in [0, 0.05) is 32.7 Å². The number of nitrogens with zero attached hydrogens (tertiary/aromatic N) is 1. The molecule has 7 nitrogen and oxygen atoms in total. The fourth-order valence-electron chi connectivity index (χ4n) is 2.33. The summed E-state index contributed by atoms with van der Waals surface area (Å²) in [5, 5.41) is 5.21. The number of nitrogens with one attached hydrogen (secondary N) is 2. The zero-order chi connectivity index (χ0) is 21.8. The van der Waals surface area contributed by atoms with Crippen molar-refractivity contribution in [3.05, 3.63) is 63.9 Å². The lowest BCUT2D eigenvalue weighted by Crippen LogP contribution is -2.35. The van der Waals surface area contributed by atoms with Crippen molar-refractivity contribution in [2.24, 2.45) is 0 Å². The minimum absolute atomic E-state index is 0.00141. The van der Waals surface area contributed by atoms with E-state index >= 15 is 0 Å². The standard InChI is InChI=1S/C19H21ClFN3O4S/c1-12-4-5-13(10-17(12)21)18(25)22-8-9-23-19(26)15-11-14(6-7-16(15)20)29(27,28)24(2)3/h4-7,10-11H,8-9H2,1-3H3,(H,22,25)(H,23,26). The highest BCUT2D eigenvalue weighted by Gasteiger charge is 2.20. The second-order valence-corrected chi connectivity index (χ2v) is 8.96.